The lowest BCUT2D eigenvalue weighted by atomic mass is 9.98. The first-order chi connectivity index (χ1) is 40.0. The minimum atomic E-state index is -4.55. The number of benzene rings is 7. The highest BCUT2D eigenvalue weighted by Crippen LogP contribution is 2.34. The molecule has 7 aromatic rings. The molecule has 2 aliphatic heterocycles. The van der Waals surface area contributed by atoms with E-state index in [9.17, 15) is 9.59 Å². The summed E-state index contributed by atoms with van der Waals surface area (Å²) in [6, 6.07) is 62.6. The number of nitrogens with zero attached hydrogens (tertiary/aromatic N) is 2. The van der Waals surface area contributed by atoms with Crippen LogP contribution in [0.1, 0.15) is 97.6 Å². The summed E-state index contributed by atoms with van der Waals surface area (Å²) < 4.78 is 76.0. The number of aryl methyl sites for hydroxylation is 4. The quantitative estimate of drug-likeness (QED) is 0.0452. The first kappa shape index (κ1) is 59.8. The lowest BCUT2D eigenvalue weighted by Gasteiger charge is -2.27. The van der Waals surface area contributed by atoms with Crippen molar-refractivity contribution >= 4 is 31.9 Å². The van der Waals surface area contributed by atoms with Gasteiger partial charge in [0.05, 0.1) is 35.2 Å². The Morgan fingerprint density at radius 3 is 0.976 bits per heavy atom. The Bertz CT molecular complexity index is 2980. The first-order valence-electron chi connectivity index (χ1n) is 29.2. The monoisotopic (exact) mass is 1140 g/mol. The molecular weight excluding hydrogens is 1060 g/mol. The minimum Gasteiger partial charge on any atom is -0.372 e. The number of sulfonamides is 2. The lowest BCUT2D eigenvalue weighted by molar-refractivity contribution is -0.125. The number of hydrogen-bond acceptors (Lipinski definition) is 8. The van der Waals surface area contributed by atoms with Gasteiger partial charge >= 0.3 is 0 Å². The van der Waals surface area contributed by atoms with Gasteiger partial charge < -0.3 is 20.1 Å². The molecule has 2 N–H and O–H groups in total. The van der Waals surface area contributed by atoms with Gasteiger partial charge in [-0.05, 0) is 129 Å². The van der Waals surface area contributed by atoms with Crippen molar-refractivity contribution in [2.75, 3.05) is 13.1 Å². The number of amides is 2. The summed E-state index contributed by atoms with van der Waals surface area (Å²) >= 11 is 0. The molecule has 82 heavy (non-hydrogen) atoms. The van der Waals surface area contributed by atoms with Crippen LogP contribution in [0.3, 0.4) is 0 Å². The van der Waals surface area contributed by atoms with Crippen LogP contribution in [0.4, 0.5) is 0 Å². The Hall–Kier alpha value is -6.78. The van der Waals surface area contributed by atoms with Crippen LogP contribution in [0.5, 0.6) is 0 Å². The number of rotatable bonds is 30. The summed E-state index contributed by atoms with van der Waals surface area (Å²) in [4.78, 5) is 29.0. The largest absolute Gasteiger partial charge is 0.372 e. The topological polar surface area (TPSA) is 151 Å². The Morgan fingerprint density at radius 2 is 0.683 bits per heavy atom. The summed E-state index contributed by atoms with van der Waals surface area (Å²) in [5, 5.41) is 6.58. The Morgan fingerprint density at radius 1 is 0.402 bits per heavy atom. The minimum absolute atomic E-state index is 0.102. The van der Waals surface area contributed by atoms with E-state index in [0.717, 1.165) is 68.6 Å². The molecular formula is C68H78N4O8S2. The van der Waals surface area contributed by atoms with E-state index < -0.39 is 56.2 Å². The van der Waals surface area contributed by atoms with Crippen LogP contribution in [-0.4, -0.2) is 86.7 Å². The summed E-state index contributed by atoms with van der Waals surface area (Å²) in [5.74, 6) is -0.845. The van der Waals surface area contributed by atoms with Crippen molar-refractivity contribution in [2.24, 2.45) is 0 Å². The maximum Gasteiger partial charge on any atom is 0.243 e. The van der Waals surface area contributed by atoms with Crippen molar-refractivity contribution in [3.8, 4) is 0 Å². The third kappa shape index (κ3) is 17.2. The van der Waals surface area contributed by atoms with E-state index in [4.69, 9.17) is 9.47 Å². The molecule has 430 valence electrons. The second-order valence-electron chi connectivity index (χ2n) is 21.9. The third-order valence-electron chi connectivity index (χ3n) is 15.9. The van der Waals surface area contributed by atoms with Crippen LogP contribution in [0.25, 0.3) is 0 Å². The average molecular weight is 1140 g/mol. The van der Waals surface area contributed by atoms with Crippen LogP contribution >= 0.6 is 0 Å². The molecule has 0 saturated carbocycles. The molecule has 2 heterocycles. The molecule has 2 fully saturated rings. The maximum absolute atomic E-state index is 15.2. The fourth-order valence-corrected chi connectivity index (χ4v) is 14.8. The smallest absolute Gasteiger partial charge is 0.243 e. The van der Waals surface area contributed by atoms with Crippen molar-refractivity contribution in [1.82, 2.24) is 19.2 Å². The standard InChI is InChI=1S/C68H78N4O8S2/c73-67(69-59(40-19-36-53-24-7-1-8-25-53)41-20-37-54-26-9-2-10-27-54)65-46-61(79-51-57-32-15-5-16-33-57)49-71(65)81(75,76)63-44-23-45-64(48-63)82(77,78)72-50-62(80-52-58-34-17-6-18-35-58)47-66(72)68(74)70-60(42-21-38-55-28-11-3-12-29-55)43-22-39-56-30-13-4-14-31-56/h1-18,23-35,44-45,48,59-62,65-66H,19-22,36-43,46-47,49-52H2,(H,69,73)(H,70,74). The number of carbonyl (C=O) groups is 2. The Balaban J connectivity index is 0.955. The molecule has 0 aromatic heterocycles. The molecule has 2 amide bonds. The normalized spacial score (nSPS) is 17.8. The first-order valence-corrected chi connectivity index (χ1v) is 32.1. The number of ether oxygens (including phenoxy) is 2. The van der Waals surface area contributed by atoms with Crippen molar-refractivity contribution in [3.05, 3.63) is 240 Å². The maximum atomic E-state index is 15.2. The van der Waals surface area contributed by atoms with Gasteiger partial charge in [-0.15, -0.1) is 0 Å². The number of carbonyl (C=O) groups excluding carboxylic acids is 2. The third-order valence-corrected chi connectivity index (χ3v) is 19.6. The zero-order chi connectivity index (χ0) is 57.0. The van der Waals surface area contributed by atoms with E-state index in [2.05, 4.69) is 59.2 Å². The Kier molecular flexibility index (Phi) is 21.9. The van der Waals surface area contributed by atoms with E-state index in [1.807, 2.05) is 133 Å². The molecule has 4 atom stereocenters. The van der Waals surface area contributed by atoms with Crippen molar-refractivity contribution in [2.45, 2.75) is 149 Å². The number of hydrogen-bond donors (Lipinski definition) is 2. The molecule has 2 saturated heterocycles. The van der Waals surface area contributed by atoms with Gasteiger partial charge in [-0.1, -0.05) is 188 Å². The highest BCUT2D eigenvalue weighted by atomic mass is 32.2. The van der Waals surface area contributed by atoms with Gasteiger partial charge in [0.15, 0.2) is 0 Å². The summed E-state index contributed by atoms with van der Waals surface area (Å²) in [6.07, 6.45) is 8.32. The summed E-state index contributed by atoms with van der Waals surface area (Å²) in [6.45, 7) is 0.185. The van der Waals surface area contributed by atoms with E-state index in [0.29, 0.717) is 25.7 Å². The molecule has 0 bridgehead atoms. The number of nitrogens with one attached hydrogen (secondary N) is 2. The van der Waals surface area contributed by atoms with Crippen LogP contribution in [0.2, 0.25) is 0 Å². The highest BCUT2D eigenvalue weighted by molar-refractivity contribution is 7.90. The summed E-state index contributed by atoms with van der Waals surface area (Å²) in [5.41, 5.74) is 6.63. The average Bonchev–Trinajstić information content (AvgIpc) is 3.78. The molecule has 9 rings (SSSR count). The van der Waals surface area contributed by atoms with Gasteiger partial charge in [-0.2, -0.15) is 8.61 Å². The van der Waals surface area contributed by atoms with E-state index in [1.165, 1.54) is 49.1 Å². The fraction of sp³-hybridized carbons (Fsp3) is 0.353. The van der Waals surface area contributed by atoms with Crippen LogP contribution in [0, 0.1) is 0 Å². The van der Waals surface area contributed by atoms with Crippen molar-refractivity contribution in [3.63, 3.8) is 0 Å². The predicted molar refractivity (Wildman–Crippen MR) is 322 cm³/mol. The van der Waals surface area contributed by atoms with E-state index in [1.54, 1.807) is 0 Å². The van der Waals surface area contributed by atoms with Gasteiger partial charge in [0.2, 0.25) is 31.9 Å². The van der Waals surface area contributed by atoms with Gasteiger partial charge in [-0.25, -0.2) is 16.8 Å². The molecule has 0 aliphatic carbocycles. The molecule has 0 radical (unpaired) electrons. The molecule has 14 heteroatoms. The van der Waals surface area contributed by atoms with Gasteiger partial charge in [0.25, 0.3) is 0 Å². The zero-order valence-electron chi connectivity index (χ0n) is 46.8. The van der Waals surface area contributed by atoms with Crippen molar-refractivity contribution < 1.29 is 35.9 Å². The van der Waals surface area contributed by atoms with E-state index >= 15 is 16.8 Å². The van der Waals surface area contributed by atoms with Gasteiger partial charge in [-0.3, -0.25) is 9.59 Å². The molecule has 4 unspecified atom stereocenters. The van der Waals surface area contributed by atoms with Gasteiger partial charge in [0.1, 0.15) is 12.1 Å². The lowest BCUT2D eigenvalue weighted by Crippen LogP contribution is -2.49. The SMILES string of the molecule is O=C(NC(CCCc1ccccc1)CCCc1ccccc1)C1CC(OCc2ccccc2)CN1S(=O)(=O)c1cccc(S(=O)(=O)N2CC(OCc3ccccc3)CC2C(=O)NC(CCCc2ccccc2)CCCc2ccccc2)c1. The van der Waals surface area contributed by atoms with Crippen LogP contribution < -0.4 is 10.6 Å². The van der Waals surface area contributed by atoms with E-state index in [-0.39, 0.29) is 61.0 Å². The van der Waals surface area contributed by atoms with Crippen LogP contribution in [0.15, 0.2) is 216 Å². The molecule has 7 aromatic carbocycles. The van der Waals surface area contributed by atoms with Crippen LogP contribution in [-0.2, 0) is 78.0 Å². The predicted octanol–water partition coefficient (Wildman–Crippen LogP) is 11.4. The summed E-state index contributed by atoms with van der Waals surface area (Å²) in [7, 11) is -9.09. The second-order valence-corrected chi connectivity index (χ2v) is 25.7. The molecule has 2 aliphatic rings. The second kappa shape index (κ2) is 30.0. The molecule has 12 nitrogen and oxygen atoms in total. The molecule has 0 spiro atoms. The fourth-order valence-electron chi connectivity index (χ4n) is 11.4. The Labute approximate surface area is 486 Å². The van der Waals surface area contributed by atoms with Crippen molar-refractivity contribution in [1.29, 1.82) is 0 Å². The highest BCUT2D eigenvalue weighted by Gasteiger charge is 2.47. The van der Waals surface area contributed by atoms with Gasteiger partial charge in [0, 0.05) is 38.0 Å². The zero-order valence-corrected chi connectivity index (χ0v) is 48.4.